The average molecular weight is 349 g/mol. The van der Waals surface area contributed by atoms with E-state index >= 15 is 0 Å². The number of carbonyl (C=O) groups is 3. The Labute approximate surface area is 148 Å². The average Bonchev–Trinajstić information content (AvgIpc) is 2.61. The first-order valence-corrected chi connectivity index (χ1v) is 8.85. The fourth-order valence-electron chi connectivity index (χ4n) is 3.31. The van der Waals surface area contributed by atoms with Gasteiger partial charge in [0.05, 0.1) is 19.3 Å². The van der Waals surface area contributed by atoms with Gasteiger partial charge in [0.15, 0.2) is 11.7 Å². The topological polar surface area (TPSA) is 90.7 Å². The lowest BCUT2D eigenvalue weighted by Crippen LogP contribution is -2.50. The van der Waals surface area contributed by atoms with E-state index in [0.717, 1.165) is 0 Å². The van der Waals surface area contributed by atoms with E-state index in [1.807, 2.05) is 26.8 Å². The highest BCUT2D eigenvalue weighted by Gasteiger charge is 2.39. The zero-order valence-electron chi connectivity index (χ0n) is 15.3. The third-order valence-corrected chi connectivity index (χ3v) is 4.74. The summed E-state index contributed by atoms with van der Waals surface area (Å²) in [5, 5.41) is 9.40. The molecule has 2 fully saturated rings. The van der Waals surface area contributed by atoms with Gasteiger partial charge in [0.25, 0.3) is 0 Å². The standard InChI is InChI=1S/C18H27N3O4/c1-18(2,3)17(24)21-6-4-5-13(12-21)15(22)14(11-19)16(23)20-7-9-25-10-8-20/h13-14H,4-10,12H2,1-3H3/t13-,14-/m1/s1. The van der Waals surface area contributed by atoms with E-state index in [1.165, 1.54) is 4.90 Å². The number of rotatable bonds is 3. The van der Waals surface area contributed by atoms with Gasteiger partial charge in [0, 0.05) is 37.5 Å². The molecule has 25 heavy (non-hydrogen) atoms. The second-order valence-electron chi connectivity index (χ2n) is 7.74. The Morgan fingerprint density at radius 3 is 2.32 bits per heavy atom. The minimum absolute atomic E-state index is 0.00184. The first kappa shape index (κ1) is 19.4. The molecule has 2 saturated heterocycles. The van der Waals surface area contributed by atoms with Gasteiger partial charge < -0.3 is 14.5 Å². The molecule has 7 nitrogen and oxygen atoms in total. The van der Waals surface area contributed by atoms with Crippen molar-refractivity contribution in [3.63, 3.8) is 0 Å². The second kappa shape index (κ2) is 7.96. The van der Waals surface area contributed by atoms with Crippen LogP contribution in [0.4, 0.5) is 0 Å². The number of Topliss-reactive ketones (excluding diaryl/α,β-unsaturated/α-hetero) is 1. The van der Waals surface area contributed by atoms with Gasteiger partial charge >= 0.3 is 0 Å². The molecule has 0 spiro atoms. The molecule has 7 heteroatoms. The van der Waals surface area contributed by atoms with Crippen molar-refractivity contribution in [2.45, 2.75) is 33.6 Å². The number of likely N-dealkylation sites (tertiary alicyclic amines) is 1. The Balaban J connectivity index is 2.05. The predicted octanol–water partition coefficient (Wildman–Crippen LogP) is 0.839. The largest absolute Gasteiger partial charge is 0.378 e. The van der Waals surface area contributed by atoms with Gasteiger partial charge in [-0.3, -0.25) is 14.4 Å². The number of amides is 2. The van der Waals surface area contributed by atoms with Gasteiger partial charge in [-0.1, -0.05) is 20.8 Å². The zero-order chi connectivity index (χ0) is 18.6. The van der Waals surface area contributed by atoms with Gasteiger partial charge in [0.2, 0.25) is 11.8 Å². The lowest BCUT2D eigenvalue weighted by molar-refractivity contribution is -0.146. The Kier molecular flexibility index (Phi) is 6.17. The minimum atomic E-state index is -1.28. The van der Waals surface area contributed by atoms with Crippen molar-refractivity contribution in [1.82, 2.24) is 9.80 Å². The van der Waals surface area contributed by atoms with Crippen LogP contribution in [0.5, 0.6) is 0 Å². The Hall–Kier alpha value is -1.94. The molecule has 0 unspecified atom stereocenters. The molecule has 0 bridgehead atoms. The maximum Gasteiger partial charge on any atom is 0.247 e. The van der Waals surface area contributed by atoms with Crippen molar-refractivity contribution >= 4 is 17.6 Å². The van der Waals surface area contributed by atoms with Crippen molar-refractivity contribution in [3.8, 4) is 6.07 Å². The van der Waals surface area contributed by atoms with Crippen LogP contribution in [0.2, 0.25) is 0 Å². The van der Waals surface area contributed by atoms with E-state index in [4.69, 9.17) is 4.74 Å². The molecule has 0 saturated carbocycles. The Morgan fingerprint density at radius 1 is 1.12 bits per heavy atom. The van der Waals surface area contributed by atoms with Crippen LogP contribution in [0.25, 0.3) is 0 Å². The molecule has 0 radical (unpaired) electrons. The van der Waals surface area contributed by atoms with Crippen LogP contribution in [0, 0.1) is 28.6 Å². The highest BCUT2D eigenvalue weighted by molar-refractivity contribution is 6.05. The first-order valence-electron chi connectivity index (χ1n) is 8.85. The van der Waals surface area contributed by atoms with Crippen LogP contribution in [0.3, 0.4) is 0 Å². The van der Waals surface area contributed by atoms with Crippen molar-refractivity contribution in [2.24, 2.45) is 17.3 Å². The third kappa shape index (κ3) is 4.57. The molecule has 2 aliphatic rings. The van der Waals surface area contributed by atoms with E-state index in [-0.39, 0.29) is 11.7 Å². The summed E-state index contributed by atoms with van der Waals surface area (Å²) in [4.78, 5) is 41.0. The van der Waals surface area contributed by atoms with Gasteiger partial charge in [0.1, 0.15) is 0 Å². The van der Waals surface area contributed by atoms with Crippen LogP contribution in [-0.4, -0.2) is 66.8 Å². The number of nitriles is 1. The third-order valence-electron chi connectivity index (χ3n) is 4.74. The van der Waals surface area contributed by atoms with Gasteiger partial charge in [-0.25, -0.2) is 0 Å². The molecule has 0 aromatic carbocycles. The predicted molar refractivity (Wildman–Crippen MR) is 90.3 cm³/mol. The van der Waals surface area contributed by atoms with E-state index in [1.54, 1.807) is 4.90 Å². The van der Waals surface area contributed by atoms with E-state index in [2.05, 4.69) is 0 Å². The number of hydrogen-bond acceptors (Lipinski definition) is 5. The molecular formula is C18H27N3O4. The molecule has 138 valence electrons. The summed E-state index contributed by atoms with van der Waals surface area (Å²) in [7, 11) is 0. The van der Waals surface area contributed by atoms with Crippen molar-refractivity contribution in [2.75, 3.05) is 39.4 Å². The summed E-state index contributed by atoms with van der Waals surface area (Å²) in [6, 6.07) is 1.89. The fraction of sp³-hybridized carbons (Fsp3) is 0.778. The zero-order valence-corrected chi connectivity index (χ0v) is 15.3. The molecule has 2 amide bonds. The lowest BCUT2D eigenvalue weighted by atomic mass is 9.85. The van der Waals surface area contributed by atoms with Gasteiger partial charge in [-0.2, -0.15) is 5.26 Å². The second-order valence-corrected chi connectivity index (χ2v) is 7.74. The van der Waals surface area contributed by atoms with Crippen LogP contribution < -0.4 is 0 Å². The van der Waals surface area contributed by atoms with Crippen molar-refractivity contribution < 1.29 is 19.1 Å². The maximum absolute atomic E-state index is 12.8. The Morgan fingerprint density at radius 2 is 1.76 bits per heavy atom. The number of carbonyl (C=O) groups excluding carboxylic acids is 3. The SMILES string of the molecule is CC(C)(C)C(=O)N1CCC[C@@H](C(=O)[C@@H](C#N)C(=O)N2CCOCC2)C1. The molecular weight excluding hydrogens is 322 g/mol. The van der Waals surface area contributed by atoms with Crippen molar-refractivity contribution in [3.05, 3.63) is 0 Å². The van der Waals surface area contributed by atoms with Crippen molar-refractivity contribution in [1.29, 1.82) is 5.26 Å². The van der Waals surface area contributed by atoms with Crippen LogP contribution in [0.15, 0.2) is 0 Å². The van der Waals surface area contributed by atoms with Gasteiger partial charge in [-0.15, -0.1) is 0 Å². The molecule has 0 aliphatic carbocycles. The highest BCUT2D eigenvalue weighted by Crippen LogP contribution is 2.26. The minimum Gasteiger partial charge on any atom is -0.378 e. The fourth-order valence-corrected chi connectivity index (χ4v) is 3.31. The van der Waals surface area contributed by atoms with E-state index in [0.29, 0.717) is 52.2 Å². The molecule has 2 rings (SSSR count). The Bertz CT molecular complexity index is 570. The maximum atomic E-state index is 12.8. The number of nitrogens with zero attached hydrogens (tertiary/aromatic N) is 3. The summed E-state index contributed by atoms with van der Waals surface area (Å²) in [5.74, 6) is -2.53. The molecule has 0 aromatic heterocycles. The van der Waals surface area contributed by atoms with Crippen LogP contribution in [0.1, 0.15) is 33.6 Å². The number of morpholine rings is 1. The summed E-state index contributed by atoms with van der Waals surface area (Å²) in [6.07, 6.45) is 1.32. The summed E-state index contributed by atoms with van der Waals surface area (Å²) >= 11 is 0. The number of ether oxygens (including phenoxy) is 1. The number of ketones is 1. The molecule has 2 aliphatic heterocycles. The molecule has 0 N–H and O–H groups in total. The van der Waals surface area contributed by atoms with Gasteiger partial charge in [-0.05, 0) is 12.8 Å². The summed E-state index contributed by atoms with van der Waals surface area (Å²) in [5.41, 5.74) is -0.511. The molecule has 2 atom stereocenters. The van der Waals surface area contributed by atoms with Crippen LogP contribution in [-0.2, 0) is 19.1 Å². The number of piperidine rings is 1. The number of hydrogen-bond donors (Lipinski definition) is 0. The quantitative estimate of drug-likeness (QED) is 0.704. The normalized spacial score (nSPS) is 22.9. The molecule has 2 heterocycles. The summed E-state index contributed by atoms with van der Waals surface area (Å²) in [6.45, 7) is 8.12. The summed E-state index contributed by atoms with van der Waals surface area (Å²) < 4.78 is 5.21. The lowest BCUT2D eigenvalue weighted by Gasteiger charge is -2.36. The smallest absolute Gasteiger partial charge is 0.247 e. The van der Waals surface area contributed by atoms with E-state index in [9.17, 15) is 19.6 Å². The molecule has 0 aromatic rings. The first-order chi connectivity index (χ1) is 11.8. The highest BCUT2D eigenvalue weighted by atomic mass is 16.5. The van der Waals surface area contributed by atoms with E-state index < -0.39 is 23.2 Å². The monoisotopic (exact) mass is 349 g/mol. The van der Waals surface area contributed by atoms with Crippen LogP contribution >= 0.6 is 0 Å².